The largest absolute Gasteiger partial charge is 0.388 e. The number of aryl methyl sites for hydroxylation is 1. The molecule has 0 spiro atoms. The van der Waals surface area contributed by atoms with Crippen molar-refractivity contribution >= 4 is 6.21 Å². The van der Waals surface area contributed by atoms with Crippen molar-refractivity contribution in [3.8, 4) is 0 Å². The average molecular weight is 350 g/mol. The molecule has 0 aliphatic heterocycles. The molecule has 1 aromatic heterocycles. The lowest BCUT2D eigenvalue weighted by Crippen LogP contribution is -2.06. The van der Waals surface area contributed by atoms with Gasteiger partial charge in [0.05, 0.1) is 11.9 Å². The highest BCUT2D eigenvalue weighted by atomic mass is 16.6. The van der Waals surface area contributed by atoms with Gasteiger partial charge in [0, 0.05) is 18.7 Å². The number of rotatable bonds is 7. The number of ether oxygens (including phenoxy) is 1. The van der Waals surface area contributed by atoms with Crippen molar-refractivity contribution in [2.24, 2.45) is 5.16 Å². The summed E-state index contributed by atoms with van der Waals surface area (Å²) in [7, 11) is 1.64. The minimum Gasteiger partial charge on any atom is -0.388 e. The fourth-order valence-corrected chi connectivity index (χ4v) is 2.73. The van der Waals surface area contributed by atoms with Gasteiger partial charge in [-0.05, 0) is 25.0 Å². The van der Waals surface area contributed by atoms with Crippen LogP contribution >= 0.6 is 0 Å². The van der Waals surface area contributed by atoms with Gasteiger partial charge in [0.15, 0.2) is 5.76 Å². The monoisotopic (exact) mass is 350 g/mol. The standard InChI is InChI=1S/C21H22N2O3/c1-15-13-20(26-23-15)21(24-3)19-12-8-7-11-18(19)14-22-25-16(2)17-9-5-4-6-10-17/h4-14,16,21H,1-3H3. The fraction of sp³-hybridized carbons (Fsp3) is 0.238. The zero-order valence-corrected chi connectivity index (χ0v) is 15.1. The van der Waals surface area contributed by atoms with Crippen LogP contribution in [0.15, 0.2) is 70.3 Å². The Balaban J connectivity index is 1.78. The normalized spacial score (nSPS) is 13.7. The van der Waals surface area contributed by atoms with Crippen LogP contribution in [0.2, 0.25) is 0 Å². The van der Waals surface area contributed by atoms with Gasteiger partial charge in [-0.25, -0.2) is 0 Å². The molecule has 5 heteroatoms. The lowest BCUT2D eigenvalue weighted by molar-refractivity contribution is 0.0735. The first-order valence-corrected chi connectivity index (χ1v) is 8.48. The molecular weight excluding hydrogens is 328 g/mol. The van der Waals surface area contributed by atoms with Crippen molar-refractivity contribution in [1.82, 2.24) is 5.16 Å². The number of hydrogen-bond acceptors (Lipinski definition) is 5. The molecule has 1 heterocycles. The molecule has 0 saturated heterocycles. The first kappa shape index (κ1) is 17.9. The fourth-order valence-electron chi connectivity index (χ4n) is 2.73. The van der Waals surface area contributed by atoms with Crippen molar-refractivity contribution < 1.29 is 14.1 Å². The van der Waals surface area contributed by atoms with Gasteiger partial charge in [0.2, 0.25) is 0 Å². The molecule has 0 fully saturated rings. The van der Waals surface area contributed by atoms with E-state index in [9.17, 15) is 0 Å². The maximum Gasteiger partial charge on any atom is 0.170 e. The van der Waals surface area contributed by atoms with Gasteiger partial charge in [-0.2, -0.15) is 0 Å². The van der Waals surface area contributed by atoms with E-state index in [-0.39, 0.29) is 12.2 Å². The molecule has 0 bridgehead atoms. The van der Waals surface area contributed by atoms with Gasteiger partial charge in [-0.3, -0.25) is 0 Å². The van der Waals surface area contributed by atoms with Crippen LogP contribution in [0, 0.1) is 6.92 Å². The number of aromatic nitrogens is 1. The molecule has 0 radical (unpaired) electrons. The lowest BCUT2D eigenvalue weighted by atomic mass is 10.0. The third-order valence-corrected chi connectivity index (χ3v) is 4.10. The maximum absolute atomic E-state index is 5.64. The van der Waals surface area contributed by atoms with Crippen LogP contribution in [0.4, 0.5) is 0 Å². The third-order valence-electron chi connectivity index (χ3n) is 4.10. The first-order valence-electron chi connectivity index (χ1n) is 8.48. The van der Waals surface area contributed by atoms with Crippen LogP contribution in [0.3, 0.4) is 0 Å². The van der Waals surface area contributed by atoms with Gasteiger partial charge >= 0.3 is 0 Å². The highest BCUT2D eigenvalue weighted by Crippen LogP contribution is 2.28. The molecule has 3 aromatic rings. The van der Waals surface area contributed by atoms with Crippen LogP contribution < -0.4 is 0 Å². The highest BCUT2D eigenvalue weighted by Gasteiger charge is 2.20. The summed E-state index contributed by atoms with van der Waals surface area (Å²) >= 11 is 0. The van der Waals surface area contributed by atoms with Crippen molar-refractivity contribution in [2.45, 2.75) is 26.1 Å². The Morgan fingerprint density at radius 3 is 2.50 bits per heavy atom. The molecular formula is C21H22N2O3. The molecule has 26 heavy (non-hydrogen) atoms. The topological polar surface area (TPSA) is 56.9 Å². The summed E-state index contributed by atoms with van der Waals surface area (Å²) < 4.78 is 11.0. The van der Waals surface area contributed by atoms with E-state index in [1.54, 1.807) is 13.3 Å². The summed E-state index contributed by atoms with van der Waals surface area (Å²) in [5, 5.41) is 8.11. The van der Waals surface area contributed by atoms with Gasteiger partial charge in [0.25, 0.3) is 0 Å². The number of benzene rings is 2. The molecule has 0 aliphatic carbocycles. The average Bonchev–Trinajstić information content (AvgIpc) is 3.10. The van der Waals surface area contributed by atoms with Crippen LogP contribution in [-0.2, 0) is 9.57 Å². The van der Waals surface area contributed by atoms with E-state index >= 15 is 0 Å². The van der Waals surface area contributed by atoms with Crippen LogP contribution in [-0.4, -0.2) is 18.5 Å². The molecule has 5 nitrogen and oxygen atoms in total. The quantitative estimate of drug-likeness (QED) is 0.452. The summed E-state index contributed by atoms with van der Waals surface area (Å²) in [5.41, 5.74) is 3.72. The van der Waals surface area contributed by atoms with Crippen LogP contribution in [0.5, 0.6) is 0 Å². The summed E-state index contributed by atoms with van der Waals surface area (Å²) in [4.78, 5) is 5.60. The Hall–Kier alpha value is -2.92. The van der Waals surface area contributed by atoms with Crippen molar-refractivity contribution in [2.75, 3.05) is 7.11 Å². The van der Waals surface area contributed by atoms with Gasteiger partial charge in [-0.1, -0.05) is 64.9 Å². The molecule has 0 saturated carbocycles. The van der Waals surface area contributed by atoms with E-state index in [1.807, 2.05) is 74.5 Å². The Labute approximate surface area is 153 Å². The second-order valence-corrected chi connectivity index (χ2v) is 6.01. The number of methoxy groups -OCH3 is 1. The molecule has 134 valence electrons. The first-order chi connectivity index (χ1) is 12.7. The minimum absolute atomic E-state index is 0.130. The lowest BCUT2D eigenvalue weighted by Gasteiger charge is -2.15. The molecule has 0 aliphatic rings. The number of nitrogens with zero attached hydrogens (tertiary/aromatic N) is 2. The third kappa shape index (κ3) is 4.18. The van der Waals surface area contributed by atoms with Crippen LogP contribution in [0.1, 0.15) is 47.3 Å². The van der Waals surface area contributed by atoms with Gasteiger partial charge in [-0.15, -0.1) is 0 Å². The molecule has 2 unspecified atom stereocenters. The van der Waals surface area contributed by atoms with Gasteiger partial charge < -0.3 is 14.1 Å². The molecule has 0 N–H and O–H groups in total. The zero-order valence-electron chi connectivity index (χ0n) is 15.1. The minimum atomic E-state index is -0.356. The van der Waals surface area contributed by atoms with E-state index in [2.05, 4.69) is 10.3 Å². The summed E-state index contributed by atoms with van der Waals surface area (Å²) in [6, 6.07) is 19.7. The second kappa shape index (κ2) is 8.45. The highest BCUT2D eigenvalue weighted by molar-refractivity contribution is 5.81. The Bertz CT molecular complexity index is 858. The van der Waals surface area contributed by atoms with E-state index in [1.165, 1.54) is 0 Å². The van der Waals surface area contributed by atoms with Crippen molar-refractivity contribution in [3.05, 3.63) is 88.8 Å². The molecule has 3 rings (SSSR count). The van der Waals surface area contributed by atoms with Crippen molar-refractivity contribution in [1.29, 1.82) is 0 Å². The maximum atomic E-state index is 5.64. The van der Waals surface area contributed by atoms with Crippen LogP contribution in [0.25, 0.3) is 0 Å². The predicted octanol–water partition coefficient (Wildman–Crippen LogP) is 4.83. The van der Waals surface area contributed by atoms with E-state index in [0.717, 1.165) is 22.4 Å². The number of hydrogen-bond donors (Lipinski definition) is 0. The predicted molar refractivity (Wildman–Crippen MR) is 100 cm³/mol. The SMILES string of the molecule is COC(c1cc(C)no1)c1ccccc1C=NOC(C)c1ccccc1. The van der Waals surface area contributed by atoms with E-state index < -0.39 is 0 Å². The van der Waals surface area contributed by atoms with Gasteiger partial charge in [0.1, 0.15) is 12.2 Å². The van der Waals surface area contributed by atoms with E-state index in [4.69, 9.17) is 14.1 Å². The molecule has 2 atom stereocenters. The molecule has 2 aromatic carbocycles. The van der Waals surface area contributed by atoms with E-state index in [0.29, 0.717) is 5.76 Å². The summed E-state index contributed by atoms with van der Waals surface area (Å²) in [6.45, 7) is 3.85. The van der Waals surface area contributed by atoms with Crippen molar-refractivity contribution in [3.63, 3.8) is 0 Å². The number of oxime groups is 1. The second-order valence-electron chi connectivity index (χ2n) is 6.01. The summed E-state index contributed by atoms with van der Waals surface area (Å²) in [6.07, 6.45) is 1.21. The Morgan fingerprint density at radius 2 is 1.81 bits per heavy atom. The zero-order chi connectivity index (χ0) is 18.4. The molecule has 0 amide bonds. The summed E-state index contributed by atoms with van der Waals surface area (Å²) in [5.74, 6) is 0.657. The Morgan fingerprint density at radius 1 is 1.08 bits per heavy atom. The smallest absolute Gasteiger partial charge is 0.170 e. The Kier molecular flexibility index (Phi) is 5.81.